The van der Waals surface area contributed by atoms with Crippen LogP contribution in [0.5, 0.6) is 0 Å². The maximum absolute atomic E-state index is 11.4. The van der Waals surface area contributed by atoms with Crippen molar-refractivity contribution < 1.29 is 4.79 Å². The number of likely N-dealkylation sites (tertiary alicyclic amines) is 1. The quantitative estimate of drug-likeness (QED) is 0.811. The molecule has 3 N–H and O–H groups in total. The number of nitrogens with zero attached hydrogens (tertiary/aromatic N) is 2. The lowest BCUT2D eigenvalue weighted by Gasteiger charge is -2.31. The number of primary amides is 1. The fraction of sp³-hybridized carbons (Fsp3) is 0.400. The summed E-state index contributed by atoms with van der Waals surface area (Å²) in [6.07, 6.45) is 5.63. The van der Waals surface area contributed by atoms with E-state index in [2.05, 4.69) is 45.5 Å². The largest absolute Gasteiger partial charge is 0.369 e. The number of benzene rings is 1. The van der Waals surface area contributed by atoms with Crippen molar-refractivity contribution in [1.82, 2.24) is 15.2 Å². The molecule has 1 aromatic carbocycles. The zero-order valence-corrected chi connectivity index (χ0v) is 14.5. The van der Waals surface area contributed by atoms with Gasteiger partial charge in [-0.15, -0.1) is 0 Å². The summed E-state index contributed by atoms with van der Waals surface area (Å²) in [7, 11) is 0. The van der Waals surface area contributed by atoms with E-state index >= 15 is 0 Å². The topological polar surface area (TPSA) is 71.2 Å². The van der Waals surface area contributed by atoms with Crippen molar-refractivity contribution >= 4 is 5.91 Å². The Morgan fingerprint density at radius 2 is 2.00 bits per heavy atom. The average Bonchev–Trinajstić information content (AvgIpc) is 2.63. The lowest BCUT2D eigenvalue weighted by atomic mass is 9.97. The summed E-state index contributed by atoms with van der Waals surface area (Å²) in [5, 5.41) is 3.46. The van der Waals surface area contributed by atoms with E-state index in [1.807, 2.05) is 12.3 Å². The van der Waals surface area contributed by atoms with Gasteiger partial charge in [-0.05, 0) is 42.1 Å². The molecule has 3 rings (SSSR count). The van der Waals surface area contributed by atoms with Crippen molar-refractivity contribution in [3.63, 3.8) is 0 Å². The van der Waals surface area contributed by atoms with Gasteiger partial charge in [-0.3, -0.25) is 14.7 Å². The second kappa shape index (κ2) is 8.74. The number of aromatic nitrogens is 1. The normalized spacial score (nSPS) is 18.2. The Hall–Kier alpha value is -2.24. The lowest BCUT2D eigenvalue weighted by Crippen LogP contribution is -2.40. The fourth-order valence-electron chi connectivity index (χ4n) is 3.38. The Morgan fingerprint density at radius 3 is 2.80 bits per heavy atom. The lowest BCUT2D eigenvalue weighted by molar-refractivity contribution is -0.123. The Bertz CT molecular complexity index is 689. The van der Waals surface area contributed by atoms with Crippen molar-refractivity contribution in [3.05, 3.63) is 65.5 Å². The zero-order chi connectivity index (χ0) is 17.5. The number of hydrogen-bond acceptors (Lipinski definition) is 4. The number of piperidine rings is 1. The van der Waals surface area contributed by atoms with E-state index in [9.17, 15) is 4.79 Å². The van der Waals surface area contributed by atoms with Gasteiger partial charge in [0.1, 0.15) is 0 Å². The molecule has 1 unspecified atom stereocenters. The number of rotatable bonds is 7. The number of nitrogens with two attached hydrogens (primary N) is 1. The van der Waals surface area contributed by atoms with E-state index in [0.717, 1.165) is 45.6 Å². The van der Waals surface area contributed by atoms with Crippen LogP contribution in [0.25, 0.3) is 0 Å². The van der Waals surface area contributed by atoms with Crippen molar-refractivity contribution in [2.45, 2.75) is 32.5 Å². The highest BCUT2D eigenvalue weighted by atomic mass is 16.1. The Kier molecular flexibility index (Phi) is 6.14. The summed E-state index contributed by atoms with van der Waals surface area (Å²) in [5.74, 6) is -0.170. The Morgan fingerprint density at radius 1 is 1.20 bits per heavy atom. The summed E-state index contributed by atoms with van der Waals surface area (Å²) >= 11 is 0. The Labute approximate surface area is 149 Å². The molecule has 0 spiro atoms. The van der Waals surface area contributed by atoms with Crippen LogP contribution in [0.2, 0.25) is 0 Å². The first-order valence-corrected chi connectivity index (χ1v) is 8.90. The molecule has 5 nitrogen and oxygen atoms in total. The Balaban J connectivity index is 1.51. The van der Waals surface area contributed by atoms with Gasteiger partial charge in [-0.2, -0.15) is 0 Å². The molecule has 132 valence electrons. The molecule has 0 bridgehead atoms. The summed E-state index contributed by atoms with van der Waals surface area (Å²) in [4.78, 5) is 17.9. The van der Waals surface area contributed by atoms with Crippen LogP contribution in [0.4, 0.5) is 0 Å². The highest BCUT2D eigenvalue weighted by molar-refractivity contribution is 5.76. The summed E-state index contributed by atoms with van der Waals surface area (Å²) < 4.78 is 0. The van der Waals surface area contributed by atoms with Crippen LogP contribution in [0.1, 0.15) is 29.5 Å². The maximum atomic E-state index is 11.4. The summed E-state index contributed by atoms with van der Waals surface area (Å²) in [6, 6.07) is 12.7. The molecule has 1 aromatic heterocycles. The molecule has 1 atom stereocenters. The van der Waals surface area contributed by atoms with E-state index < -0.39 is 0 Å². The van der Waals surface area contributed by atoms with Crippen LogP contribution in [0.15, 0.2) is 48.8 Å². The number of carbonyl (C=O) groups is 1. The van der Waals surface area contributed by atoms with Crippen molar-refractivity contribution in [2.24, 2.45) is 11.7 Å². The van der Waals surface area contributed by atoms with Gasteiger partial charge in [-0.25, -0.2) is 0 Å². The predicted octanol–water partition coefficient (Wildman–Crippen LogP) is 2.07. The van der Waals surface area contributed by atoms with E-state index in [4.69, 9.17) is 5.73 Å². The van der Waals surface area contributed by atoms with Crippen molar-refractivity contribution in [2.75, 3.05) is 13.1 Å². The number of pyridine rings is 1. The minimum atomic E-state index is -0.168. The van der Waals surface area contributed by atoms with Crippen LogP contribution < -0.4 is 11.1 Å². The molecule has 1 aliphatic heterocycles. The molecular formula is C20H26N4O. The summed E-state index contributed by atoms with van der Waals surface area (Å²) in [6.45, 7) is 4.32. The van der Waals surface area contributed by atoms with Gasteiger partial charge in [0, 0.05) is 38.6 Å². The molecule has 2 heterocycles. The molecule has 0 saturated carbocycles. The molecule has 1 fully saturated rings. The van der Waals surface area contributed by atoms with Crippen LogP contribution in [0.3, 0.4) is 0 Å². The zero-order valence-electron chi connectivity index (χ0n) is 14.5. The number of hydrogen-bond donors (Lipinski definition) is 2. The molecule has 25 heavy (non-hydrogen) atoms. The van der Waals surface area contributed by atoms with E-state index in [1.165, 1.54) is 16.7 Å². The predicted molar refractivity (Wildman–Crippen MR) is 98.4 cm³/mol. The summed E-state index contributed by atoms with van der Waals surface area (Å²) in [5.41, 5.74) is 9.21. The first kappa shape index (κ1) is 17.6. The fourth-order valence-corrected chi connectivity index (χ4v) is 3.38. The third kappa shape index (κ3) is 5.37. The smallest absolute Gasteiger partial charge is 0.221 e. The van der Waals surface area contributed by atoms with Crippen LogP contribution in [-0.2, 0) is 24.4 Å². The van der Waals surface area contributed by atoms with Gasteiger partial charge in [0.2, 0.25) is 5.91 Å². The molecule has 1 amide bonds. The monoisotopic (exact) mass is 338 g/mol. The SMILES string of the molecule is NC(=O)C1CCCN(Cc2cccc(CNCc3cccnc3)c2)C1. The minimum absolute atomic E-state index is 0.00178. The van der Waals surface area contributed by atoms with Gasteiger partial charge >= 0.3 is 0 Å². The molecule has 0 aliphatic carbocycles. The van der Waals surface area contributed by atoms with Crippen LogP contribution in [-0.4, -0.2) is 28.9 Å². The van der Waals surface area contributed by atoms with Gasteiger partial charge in [0.05, 0.1) is 5.92 Å². The van der Waals surface area contributed by atoms with Gasteiger partial charge < -0.3 is 11.1 Å². The van der Waals surface area contributed by atoms with Gasteiger partial charge in [-0.1, -0.05) is 30.3 Å². The minimum Gasteiger partial charge on any atom is -0.369 e. The first-order chi connectivity index (χ1) is 12.2. The molecule has 0 radical (unpaired) electrons. The number of amides is 1. The van der Waals surface area contributed by atoms with E-state index in [1.54, 1.807) is 6.20 Å². The second-order valence-corrected chi connectivity index (χ2v) is 6.76. The molecular weight excluding hydrogens is 312 g/mol. The number of carbonyl (C=O) groups excluding carboxylic acids is 1. The second-order valence-electron chi connectivity index (χ2n) is 6.76. The van der Waals surface area contributed by atoms with Crippen LogP contribution in [0, 0.1) is 5.92 Å². The third-order valence-corrected chi connectivity index (χ3v) is 4.69. The van der Waals surface area contributed by atoms with Gasteiger partial charge in [0.25, 0.3) is 0 Å². The molecule has 1 saturated heterocycles. The number of nitrogens with one attached hydrogen (secondary N) is 1. The highest BCUT2D eigenvalue weighted by Gasteiger charge is 2.23. The third-order valence-electron chi connectivity index (χ3n) is 4.69. The standard InChI is InChI=1S/C20H26N4O/c21-20(25)19-7-3-9-24(15-19)14-17-5-1-4-16(10-17)11-23-13-18-6-2-8-22-12-18/h1-2,4-6,8,10,12,19,23H,3,7,9,11,13-15H2,(H2,21,25). The maximum Gasteiger partial charge on any atom is 0.221 e. The van der Waals surface area contributed by atoms with Crippen molar-refractivity contribution in [3.8, 4) is 0 Å². The van der Waals surface area contributed by atoms with E-state index in [-0.39, 0.29) is 11.8 Å². The molecule has 2 aromatic rings. The van der Waals surface area contributed by atoms with Crippen molar-refractivity contribution in [1.29, 1.82) is 0 Å². The van der Waals surface area contributed by atoms with Gasteiger partial charge in [0.15, 0.2) is 0 Å². The first-order valence-electron chi connectivity index (χ1n) is 8.90. The van der Waals surface area contributed by atoms with Crippen LogP contribution >= 0.6 is 0 Å². The highest BCUT2D eigenvalue weighted by Crippen LogP contribution is 2.18. The molecule has 5 heteroatoms. The average molecular weight is 338 g/mol. The molecule has 1 aliphatic rings. The van der Waals surface area contributed by atoms with E-state index in [0.29, 0.717) is 0 Å².